The number of ether oxygens (including phenoxy) is 2. The van der Waals surface area contributed by atoms with Crippen LogP contribution in [-0.4, -0.2) is 56.4 Å². The van der Waals surface area contributed by atoms with E-state index < -0.39 is 11.5 Å². The third-order valence-corrected chi connectivity index (χ3v) is 4.11. The molecule has 0 aliphatic carbocycles. The van der Waals surface area contributed by atoms with Gasteiger partial charge in [-0.2, -0.15) is 0 Å². The summed E-state index contributed by atoms with van der Waals surface area (Å²) in [6.45, 7) is 4.70. The fraction of sp³-hybridized carbons (Fsp3) is 0.533. The third kappa shape index (κ3) is 2.82. The number of piperazine rings is 1. The fourth-order valence-electron chi connectivity index (χ4n) is 2.69. The van der Waals surface area contributed by atoms with Crippen molar-refractivity contribution in [1.82, 2.24) is 10.2 Å². The van der Waals surface area contributed by atoms with E-state index in [1.54, 1.807) is 39.3 Å². The van der Waals surface area contributed by atoms with Crippen LogP contribution in [-0.2, 0) is 10.3 Å². The van der Waals surface area contributed by atoms with Gasteiger partial charge in [-0.3, -0.25) is 4.90 Å². The molecule has 1 aromatic rings. The maximum Gasteiger partial charge on any atom is 0.328 e. The molecule has 0 aromatic heterocycles. The summed E-state index contributed by atoms with van der Waals surface area (Å²) in [7, 11) is 3.11. The quantitative estimate of drug-likeness (QED) is 0.841. The summed E-state index contributed by atoms with van der Waals surface area (Å²) >= 11 is 0. The molecular formula is C15H22N2O4. The lowest BCUT2D eigenvalue weighted by Crippen LogP contribution is -2.56. The summed E-state index contributed by atoms with van der Waals surface area (Å²) in [5.74, 6) is 0.267. The van der Waals surface area contributed by atoms with Gasteiger partial charge in [0.05, 0.1) is 14.2 Å². The highest BCUT2D eigenvalue weighted by molar-refractivity contribution is 5.80. The van der Waals surface area contributed by atoms with Crippen LogP contribution in [0.3, 0.4) is 0 Å². The summed E-state index contributed by atoms with van der Waals surface area (Å²) in [6, 6.07) is 5.28. The zero-order chi connectivity index (χ0) is 15.5. The number of benzene rings is 1. The predicted molar refractivity (Wildman–Crippen MR) is 79.0 cm³/mol. The van der Waals surface area contributed by atoms with Crippen molar-refractivity contribution in [2.24, 2.45) is 0 Å². The Morgan fingerprint density at radius 2 is 1.86 bits per heavy atom. The first-order chi connectivity index (χ1) is 10.0. The topological polar surface area (TPSA) is 71.0 Å². The maximum absolute atomic E-state index is 11.9. The smallest absolute Gasteiger partial charge is 0.328 e. The van der Waals surface area contributed by atoms with Gasteiger partial charge in [-0.25, -0.2) is 4.79 Å². The maximum atomic E-state index is 11.9. The average molecular weight is 294 g/mol. The Hall–Kier alpha value is -1.79. The van der Waals surface area contributed by atoms with Crippen molar-refractivity contribution in [1.29, 1.82) is 0 Å². The standard InChI is InChI=1S/C15H22N2O4/c1-15(14(18)19,17-8-6-16-7-9-17)11-4-5-12(20-2)13(10-11)21-3/h4-5,10,16H,6-9H2,1-3H3,(H,18,19). The average Bonchev–Trinajstić information content (AvgIpc) is 2.53. The molecule has 2 N–H and O–H groups in total. The first-order valence-electron chi connectivity index (χ1n) is 6.95. The lowest BCUT2D eigenvalue weighted by molar-refractivity contribution is -0.151. The summed E-state index contributed by atoms with van der Waals surface area (Å²) in [4.78, 5) is 13.9. The number of hydrogen-bond donors (Lipinski definition) is 2. The number of rotatable bonds is 5. The molecule has 1 heterocycles. The largest absolute Gasteiger partial charge is 0.493 e. The van der Waals surface area contributed by atoms with Crippen molar-refractivity contribution in [2.75, 3.05) is 40.4 Å². The second-order valence-corrected chi connectivity index (χ2v) is 5.18. The van der Waals surface area contributed by atoms with Gasteiger partial charge in [0, 0.05) is 26.2 Å². The van der Waals surface area contributed by atoms with E-state index in [0.29, 0.717) is 30.2 Å². The van der Waals surface area contributed by atoms with Gasteiger partial charge in [0.25, 0.3) is 0 Å². The molecule has 1 aromatic carbocycles. The summed E-state index contributed by atoms with van der Waals surface area (Å²) in [5.41, 5.74) is -0.392. The molecule has 1 fully saturated rings. The lowest BCUT2D eigenvalue weighted by Gasteiger charge is -2.40. The molecule has 0 radical (unpaired) electrons. The van der Waals surface area contributed by atoms with Crippen molar-refractivity contribution < 1.29 is 19.4 Å². The van der Waals surface area contributed by atoms with Crippen LogP contribution in [0.25, 0.3) is 0 Å². The minimum Gasteiger partial charge on any atom is -0.493 e. The van der Waals surface area contributed by atoms with Crippen LogP contribution in [0.15, 0.2) is 18.2 Å². The molecule has 1 saturated heterocycles. The second-order valence-electron chi connectivity index (χ2n) is 5.18. The molecule has 21 heavy (non-hydrogen) atoms. The molecule has 1 aliphatic rings. The molecule has 0 amide bonds. The third-order valence-electron chi connectivity index (χ3n) is 4.11. The number of nitrogens with one attached hydrogen (secondary N) is 1. The van der Waals surface area contributed by atoms with E-state index in [-0.39, 0.29) is 0 Å². The molecule has 1 atom stereocenters. The molecule has 116 valence electrons. The van der Waals surface area contributed by atoms with Crippen molar-refractivity contribution in [3.05, 3.63) is 23.8 Å². The van der Waals surface area contributed by atoms with E-state index >= 15 is 0 Å². The minimum atomic E-state index is -1.08. The van der Waals surface area contributed by atoms with Gasteiger partial charge >= 0.3 is 5.97 Å². The number of carboxylic acids is 1. The van der Waals surface area contributed by atoms with Gasteiger partial charge in [0.15, 0.2) is 11.5 Å². The Morgan fingerprint density at radius 1 is 1.24 bits per heavy atom. The second kappa shape index (κ2) is 6.32. The number of methoxy groups -OCH3 is 2. The van der Waals surface area contributed by atoms with Gasteiger partial charge in [0.2, 0.25) is 0 Å². The lowest BCUT2D eigenvalue weighted by atomic mass is 9.89. The Morgan fingerprint density at radius 3 is 2.38 bits per heavy atom. The van der Waals surface area contributed by atoms with E-state index in [1.807, 2.05) is 4.90 Å². The molecule has 0 saturated carbocycles. The fourth-order valence-corrected chi connectivity index (χ4v) is 2.69. The molecule has 2 rings (SSSR count). The number of hydrogen-bond acceptors (Lipinski definition) is 5. The summed E-state index contributed by atoms with van der Waals surface area (Å²) < 4.78 is 10.5. The Balaban J connectivity index is 2.44. The SMILES string of the molecule is COc1ccc(C(C)(C(=O)O)N2CCNCC2)cc1OC. The molecule has 1 aliphatic heterocycles. The highest BCUT2D eigenvalue weighted by atomic mass is 16.5. The van der Waals surface area contributed by atoms with Crippen LogP contribution in [0.2, 0.25) is 0 Å². The molecular weight excluding hydrogens is 272 g/mol. The number of carbonyl (C=O) groups is 1. The van der Waals surface area contributed by atoms with Gasteiger partial charge in [0.1, 0.15) is 5.54 Å². The number of carboxylic acid groups (broad SMARTS) is 1. The van der Waals surface area contributed by atoms with Gasteiger partial charge in [-0.15, -0.1) is 0 Å². The zero-order valence-corrected chi connectivity index (χ0v) is 12.7. The van der Waals surface area contributed by atoms with E-state index in [1.165, 1.54) is 0 Å². The van der Waals surface area contributed by atoms with E-state index in [9.17, 15) is 9.90 Å². The van der Waals surface area contributed by atoms with E-state index in [4.69, 9.17) is 9.47 Å². The van der Waals surface area contributed by atoms with E-state index in [2.05, 4.69) is 5.32 Å². The van der Waals surface area contributed by atoms with Crippen molar-refractivity contribution in [3.8, 4) is 11.5 Å². The zero-order valence-electron chi connectivity index (χ0n) is 12.7. The highest BCUT2D eigenvalue weighted by Crippen LogP contribution is 2.35. The molecule has 0 bridgehead atoms. The number of nitrogens with zero attached hydrogens (tertiary/aromatic N) is 1. The van der Waals surface area contributed by atoms with Gasteiger partial charge in [-0.1, -0.05) is 6.07 Å². The monoisotopic (exact) mass is 294 g/mol. The number of aliphatic carboxylic acids is 1. The molecule has 6 nitrogen and oxygen atoms in total. The van der Waals surface area contributed by atoms with Crippen molar-refractivity contribution in [2.45, 2.75) is 12.5 Å². The normalized spacial score (nSPS) is 18.8. The van der Waals surface area contributed by atoms with Crippen LogP contribution in [0.4, 0.5) is 0 Å². The highest BCUT2D eigenvalue weighted by Gasteiger charge is 2.42. The Kier molecular flexibility index (Phi) is 4.69. The van der Waals surface area contributed by atoms with Crippen LogP contribution in [0.1, 0.15) is 12.5 Å². The van der Waals surface area contributed by atoms with Crippen LogP contribution in [0, 0.1) is 0 Å². The van der Waals surface area contributed by atoms with Crippen molar-refractivity contribution in [3.63, 3.8) is 0 Å². The molecule has 0 spiro atoms. The molecule has 1 unspecified atom stereocenters. The summed E-state index contributed by atoms with van der Waals surface area (Å²) in [6.07, 6.45) is 0. The van der Waals surface area contributed by atoms with Crippen LogP contribution < -0.4 is 14.8 Å². The predicted octanol–water partition coefficient (Wildman–Crippen LogP) is 0.909. The van der Waals surface area contributed by atoms with Crippen LogP contribution in [0.5, 0.6) is 11.5 Å². The minimum absolute atomic E-state index is 0.539. The first kappa shape index (κ1) is 15.6. The Labute approximate surface area is 124 Å². The van der Waals surface area contributed by atoms with Gasteiger partial charge < -0.3 is 19.9 Å². The summed E-state index contributed by atoms with van der Waals surface area (Å²) in [5, 5.41) is 13.0. The van der Waals surface area contributed by atoms with Gasteiger partial charge in [-0.05, 0) is 24.6 Å². The molecule has 6 heteroatoms. The van der Waals surface area contributed by atoms with E-state index in [0.717, 1.165) is 13.1 Å². The van der Waals surface area contributed by atoms with Crippen LogP contribution >= 0.6 is 0 Å². The first-order valence-corrected chi connectivity index (χ1v) is 6.95. The van der Waals surface area contributed by atoms with Crippen molar-refractivity contribution >= 4 is 5.97 Å². The Bertz CT molecular complexity index is 514.